The second kappa shape index (κ2) is 6.44. The molecule has 20 heavy (non-hydrogen) atoms. The first-order valence-corrected chi connectivity index (χ1v) is 8.36. The summed E-state index contributed by atoms with van der Waals surface area (Å²) < 4.78 is 5.55. The maximum Gasteiger partial charge on any atom is 0.220 e. The largest absolute Gasteiger partial charge is 0.378 e. The molecular weight excluding hydrogens is 252 g/mol. The molecule has 0 radical (unpaired) electrons. The van der Waals surface area contributed by atoms with Gasteiger partial charge in [0.1, 0.15) is 0 Å². The fourth-order valence-electron chi connectivity index (χ4n) is 4.19. The van der Waals surface area contributed by atoms with Crippen LogP contribution in [-0.2, 0) is 9.53 Å². The number of ether oxygens (including phenoxy) is 1. The predicted octanol–water partition coefficient (Wildman–Crippen LogP) is 1.70. The molecule has 2 saturated carbocycles. The topological polar surface area (TPSA) is 50.4 Å². The number of amides is 1. The molecule has 1 amide bonds. The third-order valence-corrected chi connectivity index (χ3v) is 5.39. The fraction of sp³-hybridized carbons (Fsp3) is 0.938. The van der Waals surface area contributed by atoms with Crippen LogP contribution in [0, 0.1) is 17.8 Å². The van der Waals surface area contributed by atoms with Crippen LogP contribution in [0.25, 0.3) is 0 Å². The molecule has 1 saturated heterocycles. The van der Waals surface area contributed by atoms with Crippen molar-refractivity contribution in [2.45, 2.75) is 57.6 Å². The normalized spacial score (nSPS) is 40.0. The van der Waals surface area contributed by atoms with Crippen molar-refractivity contribution in [3.63, 3.8) is 0 Å². The molecule has 2 aliphatic carbocycles. The summed E-state index contributed by atoms with van der Waals surface area (Å²) in [6.07, 6.45) is 6.88. The number of carbonyl (C=O) groups excluding carboxylic acids is 1. The van der Waals surface area contributed by atoms with Crippen molar-refractivity contribution in [3.05, 3.63) is 0 Å². The summed E-state index contributed by atoms with van der Waals surface area (Å²) in [6.45, 7) is 5.17. The number of nitrogens with one attached hydrogen (secondary N) is 2. The number of carbonyl (C=O) groups is 1. The Balaban J connectivity index is 1.35. The lowest BCUT2D eigenvalue weighted by molar-refractivity contribution is -0.125. The van der Waals surface area contributed by atoms with Gasteiger partial charge in [0.25, 0.3) is 0 Å². The lowest BCUT2D eigenvalue weighted by Crippen LogP contribution is -2.42. The summed E-state index contributed by atoms with van der Waals surface area (Å²) in [6, 6.07) is 0.423. The Bertz CT molecular complexity index is 341. The van der Waals surface area contributed by atoms with Crippen LogP contribution in [-0.4, -0.2) is 37.7 Å². The highest BCUT2D eigenvalue weighted by Crippen LogP contribution is 2.34. The Labute approximate surface area is 122 Å². The van der Waals surface area contributed by atoms with E-state index in [0.717, 1.165) is 37.8 Å². The molecule has 4 nitrogen and oxygen atoms in total. The van der Waals surface area contributed by atoms with Gasteiger partial charge in [-0.25, -0.2) is 0 Å². The van der Waals surface area contributed by atoms with Gasteiger partial charge in [-0.1, -0.05) is 0 Å². The van der Waals surface area contributed by atoms with Gasteiger partial charge >= 0.3 is 0 Å². The summed E-state index contributed by atoms with van der Waals surface area (Å²) in [5.41, 5.74) is 0. The van der Waals surface area contributed by atoms with Crippen LogP contribution in [0.3, 0.4) is 0 Å². The minimum atomic E-state index is 0.263. The Kier molecular flexibility index (Phi) is 4.61. The van der Waals surface area contributed by atoms with Gasteiger partial charge in [0.2, 0.25) is 5.91 Å². The Hall–Kier alpha value is -0.610. The van der Waals surface area contributed by atoms with Gasteiger partial charge in [-0.2, -0.15) is 0 Å². The molecule has 0 spiro atoms. The van der Waals surface area contributed by atoms with Crippen LogP contribution in [0.15, 0.2) is 0 Å². The molecule has 4 heteroatoms. The van der Waals surface area contributed by atoms with Crippen LogP contribution < -0.4 is 10.6 Å². The Morgan fingerprint density at radius 2 is 2.00 bits per heavy atom. The summed E-state index contributed by atoms with van der Waals surface area (Å²) in [4.78, 5) is 12.1. The van der Waals surface area contributed by atoms with Gasteiger partial charge in [-0.3, -0.25) is 4.79 Å². The van der Waals surface area contributed by atoms with E-state index < -0.39 is 0 Å². The molecule has 0 aromatic heterocycles. The van der Waals surface area contributed by atoms with Gasteiger partial charge in [-0.15, -0.1) is 0 Å². The van der Waals surface area contributed by atoms with Crippen molar-refractivity contribution in [2.24, 2.45) is 17.8 Å². The van der Waals surface area contributed by atoms with Crippen molar-refractivity contribution >= 4 is 5.91 Å². The van der Waals surface area contributed by atoms with Gasteiger partial charge in [0, 0.05) is 19.1 Å². The molecule has 3 aliphatic rings. The van der Waals surface area contributed by atoms with Gasteiger partial charge in [0.15, 0.2) is 0 Å². The lowest BCUT2D eigenvalue weighted by Gasteiger charge is -2.35. The van der Waals surface area contributed by atoms with Crippen LogP contribution in [0.4, 0.5) is 0 Å². The maximum atomic E-state index is 12.1. The first kappa shape index (κ1) is 14.3. The highest BCUT2D eigenvalue weighted by Gasteiger charge is 2.35. The average Bonchev–Trinajstić information content (AvgIpc) is 2.83. The van der Waals surface area contributed by atoms with Crippen molar-refractivity contribution in [3.8, 4) is 0 Å². The minimum absolute atomic E-state index is 0.263. The molecule has 0 bridgehead atoms. The van der Waals surface area contributed by atoms with Crippen LogP contribution >= 0.6 is 0 Å². The van der Waals surface area contributed by atoms with E-state index in [0.29, 0.717) is 24.5 Å². The minimum Gasteiger partial charge on any atom is -0.378 e. The second-order valence-electron chi connectivity index (χ2n) is 6.87. The molecule has 114 valence electrons. The van der Waals surface area contributed by atoms with E-state index in [-0.39, 0.29) is 5.91 Å². The summed E-state index contributed by atoms with van der Waals surface area (Å²) in [5.74, 6) is 2.47. The highest BCUT2D eigenvalue weighted by atomic mass is 16.5. The summed E-state index contributed by atoms with van der Waals surface area (Å²) in [7, 11) is 0. The van der Waals surface area contributed by atoms with Crippen LogP contribution in [0.1, 0.15) is 45.4 Å². The SMILES string of the molecule is CCOC1CC(CC(=O)NC2CC[C@H]3CNC[C@H]3C2)C1. The third kappa shape index (κ3) is 3.34. The fourth-order valence-corrected chi connectivity index (χ4v) is 4.19. The Morgan fingerprint density at radius 1 is 1.20 bits per heavy atom. The first-order valence-electron chi connectivity index (χ1n) is 8.36. The molecule has 3 atom stereocenters. The van der Waals surface area contributed by atoms with E-state index in [1.165, 1.54) is 25.8 Å². The molecule has 0 aromatic carbocycles. The molecule has 3 fully saturated rings. The van der Waals surface area contributed by atoms with E-state index in [4.69, 9.17) is 4.74 Å². The van der Waals surface area contributed by atoms with Crippen LogP contribution in [0.2, 0.25) is 0 Å². The third-order valence-electron chi connectivity index (χ3n) is 5.39. The number of hydrogen-bond donors (Lipinski definition) is 2. The van der Waals surface area contributed by atoms with Gasteiger partial charge in [0.05, 0.1) is 6.10 Å². The van der Waals surface area contributed by atoms with Crippen LogP contribution in [0.5, 0.6) is 0 Å². The zero-order valence-corrected chi connectivity index (χ0v) is 12.6. The smallest absolute Gasteiger partial charge is 0.220 e. The highest BCUT2D eigenvalue weighted by molar-refractivity contribution is 5.76. The van der Waals surface area contributed by atoms with Crippen molar-refractivity contribution in [1.82, 2.24) is 10.6 Å². The number of rotatable bonds is 5. The zero-order valence-electron chi connectivity index (χ0n) is 12.6. The zero-order chi connectivity index (χ0) is 13.9. The lowest BCUT2D eigenvalue weighted by atomic mass is 9.78. The van der Waals surface area contributed by atoms with Crippen molar-refractivity contribution in [2.75, 3.05) is 19.7 Å². The molecular formula is C16H28N2O2. The van der Waals surface area contributed by atoms with E-state index in [1.807, 2.05) is 6.92 Å². The van der Waals surface area contributed by atoms with Gasteiger partial charge in [-0.05, 0) is 69.9 Å². The van der Waals surface area contributed by atoms with E-state index in [1.54, 1.807) is 0 Å². The molecule has 2 N–H and O–H groups in total. The van der Waals surface area contributed by atoms with E-state index in [9.17, 15) is 4.79 Å². The first-order chi connectivity index (χ1) is 9.74. The van der Waals surface area contributed by atoms with E-state index in [2.05, 4.69) is 10.6 Å². The summed E-state index contributed by atoms with van der Waals surface area (Å²) >= 11 is 0. The number of hydrogen-bond acceptors (Lipinski definition) is 3. The molecule has 1 unspecified atom stereocenters. The van der Waals surface area contributed by atoms with Crippen molar-refractivity contribution in [1.29, 1.82) is 0 Å². The standard InChI is InChI=1S/C16H28N2O2/c1-2-20-15-5-11(6-15)7-16(19)18-14-4-3-12-9-17-10-13(12)8-14/h11-15,17H,2-10H2,1H3,(H,18,19)/t11?,12-,13+,14?,15?/m0/s1. The molecule has 1 aliphatic heterocycles. The van der Waals surface area contributed by atoms with Gasteiger partial charge < -0.3 is 15.4 Å². The predicted molar refractivity (Wildman–Crippen MR) is 78.4 cm³/mol. The molecule has 1 heterocycles. The monoisotopic (exact) mass is 280 g/mol. The van der Waals surface area contributed by atoms with Crippen molar-refractivity contribution < 1.29 is 9.53 Å². The molecule has 0 aromatic rings. The average molecular weight is 280 g/mol. The van der Waals surface area contributed by atoms with E-state index >= 15 is 0 Å². The summed E-state index contributed by atoms with van der Waals surface area (Å²) in [5, 5.41) is 6.75. The molecule has 3 rings (SSSR count). The second-order valence-corrected chi connectivity index (χ2v) is 6.87. The quantitative estimate of drug-likeness (QED) is 0.806. The number of fused-ring (bicyclic) bond motifs is 1. The Morgan fingerprint density at radius 3 is 2.80 bits per heavy atom. The maximum absolute atomic E-state index is 12.1.